The lowest BCUT2D eigenvalue weighted by Crippen LogP contribution is -2.35. The van der Waals surface area contributed by atoms with Crippen LogP contribution in [0, 0.1) is 0 Å². The molecule has 0 saturated heterocycles. The quantitative estimate of drug-likeness (QED) is 0.739. The Morgan fingerprint density at radius 3 is 2.86 bits per heavy atom. The van der Waals surface area contributed by atoms with E-state index in [1.165, 1.54) is 0 Å². The van der Waals surface area contributed by atoms with Crippen molar-refractivity contribution in [2.24, 2.45) is 7.05 Å². The third-order valence-corrected chi connectivity index (χ3v) is 2.31. The molecule has 0 radical (unpaired) electrons. The maximum atomic E-state index is 10.9. The van der Waals surface area contributed by atoms with Crippen molar-refractivity contribution in [3.63, 3.8) is 0 Å². The third-order valence-electron chi connectivity index (χ3n) is 2.31. The normalized spacial score (nSPS) is 10.1. The lowest BCUT2D eigenvalue weighted by Gasteiger charge is -2.02. The minimum absolute atomic E-state index is 0.420. The second kappa shape index (κ2) is 4.74. The second-order valence-corrected chi connectivity index (χ2v) is 3.39. The molecule has 1 aromatic rings. The molecular formula is C11H16NO2+. The van der Waals surface area contributed by atoms with Gasteiger partial charge < -0.3 is 5.11 Å². The van der Waals surface area contributed by atoms with Crippen LogP contribution in [0.2, 0.25) is 0 Å². The van der Waals surface area contributed by atoms with Crippen molar-refractivity contribution in [3.05, 3.63) is 29.6 Å². The van der Waals surface area contributed by atoms with E-state index in [0.29, 0.717) is 5.56 Å². The Kier molecular flexibility index (Phi) is 3.63. The van der Waals surface area contributed by atoms with Gasteiger partial charge in [0.2, 0.25) is 0 Å². The molecule has 0 atom stereocenters. The summed E-state index contributed by atoms with van der Waals surface area (Å²) < 4.78 is 1.89. The Bertz CT molecular complexity index is 334. The van der Waals surface area contributed by atoms with Crippen molar-refractivity contribution in [3.8, 4) is 0 Å². The first-order chi connectivity index (χ1) is 6.66. The fourth-order valence-electron chi connectivity index (χ4n) is 1.49. The minimum atomic E-state index is -0.840. The van der Waals surface area contributed by atoms with Gasteiger partial charge in [0.05, 0.1) is 0 Å². The standard InChI is InChI=1S/C11H15NO2/c1-3-4-7-10-9(11(13)14)6-5-8-12(10)2/h5-6,8H,3-4,7H2,1-2H3/p+1. The van der Waals surface area contributed by atoms with Crippen LogP contribution in [0.15, 0.2) is 18.3 Å². The summed E-state index contributed by atoms with van der Waals surface area (Å²) in [5.41, 5.74) is 1.32. The monoisotopic (exact) mass is 194 g/mol. The smallest absolute Gasteiger partial charge is 0.342 e. The molecule has 0 saturated carbocycles. The van der Waals surface area contributed by atoms with E-state index in [9.17, 15) is 4.79 Å². The molecule has 0 bridgehead atoms. The largest absolute Gasteiger partial charge is 0.477 e. The number of unbranched alkanes of at least 4 members (excludes halogenated alkanes) is 1. The van der Waals surface area contributed by atoms with Crippen LogP contribution >= 0.6 is 0 Å². The molecule has 0 aliphatic carbocycles. The molecule has 0 unspecified atom stereocenters. The summed E-state index contributed by atoms with van der Waals surface area (Å²) in [6, 6.07) is 3.42. The van der Waals surface area contributed by atoms with Crippen LogP contribution in [0.4, 0.5) is 0 Å². The van der Waals surface area contributed by atoms with Gasteiger partial charge in [0.15, 0.2) is 11.9 Å². The maximum Gasteiger partial charge on any atom is 0.342 e. The number of carbonyl (C=O) groups is 1. The van der Waals surface area contributed by atoms with Crippen molar-refractivity contribution in [1.82, 2.24) is 0 Å². The summed E-state index contributed by atoms with van der Waals surface area (Å²) in [6.07, 6.45) is 4.82. The number of nitrogens with zero attached hydrogens (tertiary/aromatic N) is 1. The molecular weight excluding hydrogens is 178 g/mol. The number of rotatable bonds is 4. The third kappa shape index (κ3) is 2.31. The van der Waals surface area contributed by atoms with Crippen LogP contribution in [0.25, 0.3) is 0 Å². The van der Waals surface area contributed by atoms with Gasteiger partial charge in [-0.3, -0.25) is 0 Å². The van der Waals surface area contributed by atoms with Gasteiger partial charge in [0, 0.05) is 12.5 Å². The van der Waals surface area contributed by atoms with Crippen LogP contribution in [-0.2, 0) is 13.5 Å². The Morgan fingerprint density at radius 2 is 2.29 bits per heavy atom. The van der Waals surface area contributed by atoms with E-state index in [2.05, 4.69) is 6.92 Å². The summed E-state index contributed by atoms with van der Waals surface area (Å²) in [5.74, 6) is -0.840. The summed E-state index contributed by atoms with van der Waals surface area (Å²) in [5, 5.41) is 8.98. The van der Waals surface area contributed by atoms with E-state index in [1.807, 2.05) is 17.8 Å². The van der Waals surface area contributed by atoms with Gasteiger partial charge in [-0.2, -0.15) is 0 Å². The lowest BCUT2D eigenvalue weighted by atomic mass is 10.1. The highest BCUT2D eigenvalue weighted by Gasteiger charge is 2.17. The number of carboxylic acids is 1. The zero-order valence-electron chi connectivity index (χ0n) is 8.66. The van der Waals surface area contributed by atoms with Crippen LogP contribution in [0.5, 0.6) is 0 Å². The van der Waals surface area contributed by atoms with E-state index in [4.69, 9.17) is 5.11 Å². The van der Waals surface area contributed by atoms with Crippen molar-refractivity contribution >= 4 is 5.97 Å². The molecule has 14 heavy (non-hydrogen) atoms. The zero-order valence-corrected chi connectivity index (χ0v) is 8.66. The Labute approximate surface area is 84.0 Å². The first-order valence-corrected chi connectivity index (χ1v) is 4.87. The van der Waals surface area contributed by atoms with Gasteiger partial charge in [-0.05, 0) is 12.5 Å². The summed E-state index contributed by atoms with van der Waals surface area (Å²) in [4.78, 5) is 10.9. The van der Waals surface area contributed by atoms with Crippen LogP contribution in [0.3, 0.4) is 0 Å². The van der Waals surface area contributed by atoms with Gasteiger partial charge in [-0.15, -0.1) is 0 Å². The number of aryl methyl sites for hydroxylation is 1. The molecule has 0 aromatic carbocycles. The van der Waals surface area contributed by atoms with Crippen LogP contribution < -0.4 is 4.57 Å². The van der Waals surface area contributed by atoms with E-state index in [1.54, 1.807) is 12.1 Å². The SMILES string of the molecule is CCCCc1c(C(=O)O)ccc[n+]1C. The summed E-state index contributed by atoms with van der Waals surface area (Å²) in [6.45, 7) is 2.10. The molecule has 0 amide bonds. The van der Waals surface area contributed by atoms with Crippen molar-refractivity contribution in [1.29, 1.82) is 0 Å². The highest BCUT2D eigenvalue weighted by Crippen LogP contribution is 2.07. The second-order valence-electron chi connectivity index (χ2n) is 3.39. The molecule has 1 rings (SSSR count). The molecule has 0 fully saturated rings. The van der Waals surface area contributed by atoms with E-state index >= 15 is 0 Å². The fraction of sp³-hybridized carbons (Fsp3) is 0.455. The number of carboxylic acid groups (broad SMARTS) is 1. The molecule has 0 aliphatic heterocycles. The molecule has 76 valence electrons. The Morgan fingerprint density at radius 1 is 1.57 bits per heavy atom. The van der Waals surface area contributed by atoms with Crippen molar-refractivity contribution in [2.45, 2.75) is 26.2 Å². The van der Waals surface area contributed by atoms with Gasteiger partial charge in [-0.25, -0.2) is 9.36 Å². The summed E-state index contributed by atoms with van der Waals surface area (Å²) in [7, 11) is 1.89. The zero-order chi connectivity index (χ0) is 10.6. The number of pyridine rings is 1. The Hall–Kier alpha value is -1.38. The first kappa shape index (κ1) is 10.7. The predicted molar refractivity (Wildman–Crippen MR) is 53.2 cm³/mol. The molecule has 1 N–H and O–H groups in total. The predicted octanol–water partition coefficient (Wildman–Crippen LogP) is 1.55. The van der Waals surface area contributed by atoms with Gasteiger partial charge in [0.1, 0.15) is 12.6 Å². The van der Waals surface area contributed by atoms with Gasteiger partial charge in [-0.1, -0.05) is 13.3 Å². The first-order valence-electron chi connectivity index (χ1n) is 4.87. The molecule has 1 aromatic heterocycles. The van der Waals surface area contributed by atoms with Gasteiger partial charge in [0.25, 0.3) is 0 Å². The fourth-order valence-corrected chi connectivity index (χ4v) is 1.49. The highest BCUT2D eigenvalue weighted by atomic mass is 16.4. The molecule has 0 aliphatic rings. The number of aromatic carboxylic acids is 1. The lowest BCUT2D eigenvalue weighted by molar-refractivity contribution is -0.679. The molecule has 3 nitrogen and oxygen atoms in total. The number of hydrogen-bond donors (Lipinski definition) is 1. The molecule has 1 heterocycles. The van der Waals surface area contributed by atoms with E-state index < -0.39 is 5.97 Å². The van der Waals surface area contributed by atoms with Crippen molar-refractivity contribution in [2.75, 3.05) is 0 Å². The maximum absolute atomic E-state index is 10.9. The topological polar surface area (TPSA) is 41.2 Å². The molecule has 3 heteroatoms. The van der Waals surface area contributed by atoms with E-state index in [0.717, 1.165) is 25.0 Å². The van der Waals surface area contributed by atoms with E-state index in [-0.39, 0.29) is 0 Å². The Balaban J connectivity index is 3.02. The van der Waals surface area contributed by atoms with Crippen LogP contribution in [0.1, 0.15) is 35.8 Å². The van der Waals surface area contributed by atoms with Crippen LogP contribution in [-0.4, -0.2) is 11.1 Å². The number of hydrogen-bond acceptors (Lipinski definition) is 1. The summed E-state index contributed by atoms with van der Waals surface area (Å²) >= 11 is 0. The highest BCUT2D eigenvalue weighted by molar-refractivity contribution is 5.88. The van der Waals surface area contributed by atoms with Gasteiger partial charge >= 0.3 is 5.97 Å². The average molecular weight is 194 g/mol. The van der Waals surface area contributed by atoms with Crippen molar-refractivity contribution < 1.29 is 14.5 Å². The average Bonchev–Trinajstić information content (AvgIpc) is 2.15. The minimum Gasteiger partial charge on any atom is -0.477 e. The molecule has 0 spiro atoms. The number of aromatic nitrogens is 1.